The van der Waals surface area contributed by atoms with Gasteiger partial charge >= 0.3 is 0 Å². The van der Waals surface area contributed by atoms with E-state index in [2.05, 4.69) is 77.6 Å². The molecule has 0 radical (unpaired) electrons. The molecule has 0 atom stereocenters. The Balaban J connectivity index is 1.15. The molecule has 37 heavy (non-hydrogen) atoms. The van der Waals surface area contributed by atoms with Crippen LogP contribution in [0.3, 0.4) is 0 Å². The molecule has 0 fully saturated rings. The lowest BCUT2D eigenvalue weighted by Gasteiger charge is -2.23. The van der Waals surface area contributed by atoms with E-state index in [1.807, 2.05) is 24.3 Å². The number of benzene rings is 3. The van der Waals surface area contributed by atoms with E-state index in [9.17, 15) is 0 Å². The second-order valence-corrected chi connectivity index (χ2v) is 9.79. The van der Waals surface area contributed by atoms with Crippen LogP contribution in [0, 0.1) is 13.8 Å². The second kappa shape index (κ2) is 14.1. The molecule has 4 aromatic rings. The van der Waals surface area contributed by atoms with Gasteiger partial charge in [0.1, 0.15) is 0 Å². The van der Waals surface area contributed by atoms with Crippen molar-refractivity contribution in [3.05, 3.63) is 106 Å². The number of anilines is 1. The monoisotopic (exact) mass is 517 g/mol. The van der Waals surface area contributed by atoms with Crippen LogP contribution in [0.2, 0.25) is 5.02 Å². The molecule has 1 heterocycles. The van der Waals surface area contributed by atoms with Crippen LogP contribution in [-0.4, -0.2) is 49.4 Å². The quantitative estimate of drug-likeness (QED) is 0.190. The fraction of sp³-hybridized carbons (Fsp3) is 0.323. The molecule has 3 aromatic carbocycles. The highest BCUT2D eigenvalue weighted by molar-refractivity contribution is 6.31. The van der Waals surface area contributed by atoms with Gasteiger partial charge in [-0.15, -0.1) is 0 Å². The van der Waals surface area contributed by atoms with E-state index >= 15 is 0 Å². The van der Waals surface area contributed by atoms with Gasteiger partial charge in [-0.2, -0.15) is 0 Å². The molecule has 0 bridgehead atoms. The molecule has 0 aliphatic heterocycles. The van der Waals surface area contributed by atoms with Crippen molar-refractivity contribution in [1.29, 1.82) is 0 Å². The number of nitrogens with zero attached hydrogens (tertiary/aromatic N) is 2. The number of hydrogen-bond acceptors (Lipinski definition) is 5. The number of ether oxygens (including phenoxy) is 2. The Kier molecular flexibility index (Phi) is 10.3. The summed E-state index contributed by atoms with van der Waals surface area (Å²) in [6.45, 7) is 10.0. The molecule has 4 rings (SSSR count). The van der Waals surface area contributed by atoms with Gasteiger partial charge < -0.3 is 14.8 Å². The van der Waals surface area contributed by atoms with Crippen molar-refractivity contribution in [2.75, 3.05) is 44.8 Å². The van der Waals surface area contributed by atoms with Gasteiger partial charge in [0.2, 0.25) is 0 Å². The van der Waals surface area contributed by atoms with Crippen LogP contribution >= 0.6 is 11.6 Å². The number of aryl methyl sites for hydroxylation is 2. The van der Waals surface area contributed by atoms with Gasteiger partial charge in [0.25, 0.3) is 0 Å². The average Bonchev–Trinajstić information content (AvgIpc) is 2.90. The molecule has 0 amide bonds. The molecule has 0 unspecified atom stereocenters. The predicted octanol–water partition coefficient (Wildman–Crippen LogP) is 6.65. The minimum absolute atomic E-state index is 0.574. The first-order valence-electron chi connectivity index (χ1n) is 12.8. The highest BCUT2D eigenvalue weighted by atomic mass is 35.5. The minimum atomic E-state index is 0.574. The van der Waals surface area contributed by atoms with E-state index in [4.69, 9.17) is 21.1 Å². The number of rotatable bonds is 14. The van der Waals surface area contributed by atoms with Gasteiger partial charge in [-0.05, 0) is 49.2 Å². The number of pyridine rings is 1. The Morgan fingerprint density at radius 1 is 0.757 bits per heavy atom. The van der Waals surface area contributed by atoms with Crippen molar-refractivity contribution >= 4 is 28.2 Å². The van der Waals surface area contributed by atoms with E-state index in [-0.39, 0.29) is 0 Å². The summed E-state index contributed by atoms with van der Waals surface area (Å²) in [7, 11) is 0. The van der Waals surface area contributed by atoms with Gasteiger partial charge in [0, 0.05) is 48.5 Å². The average molecular weight is 518 g/mol. The van der Waals surface area contributed by atoms with Crippen LogP contribution in [0.25, 0.3) is 10.9 Å². The molecule has 5 nitrogen and oxygen atoms in total. The summed E-state index contributed by atoms with van der Waals surface area (Å²) in [5.41, 5.74) is 7.12. The smallest absolute Gasteiger partial charge is 0.0737 e. The Morgan fingerprint density at radius 2 is 1.38 bits per heavy atom. The number of fused-ring (bicyclic) bond motifs is 1. The lowest BCUT2D eigenvalue weighted by molar-refractivity contribution is 0.0399. The predicted molar refractivity (Wildman–Crippen MR) is 153 cm³/mol. The van der Waals surface area contributed by atoms with E-state index in [1.165, 1.54) is 22.3 Å². The van der Waals surface area contributed by atoms with Crippen molar-refractivity contribution in [3.8, 4) is 0 Å². The van der Waals surface area contributed by atoms with Crippen LogP contribution in [0.4, 0.5) is 5.69 Å². The Bertz CT molecular complexity index is 1200. The van der Waals surface area contributed by atoms with E-state index in [1.54, 1.807) is 6.20 Å². The first-order valence-corrected chi connectivity index (χ1v) is 13.2. The molecule has 0 aliphatic rings. The number of halogens is 1. The summed E-state index contributed by atoms with van der Waals surface area (Å²) in [4.78, 5) is 6.82. The Labute approximate surface area is 225 Å². The van der Waals surface area contributed by atoms with Crippen LogP contribution in [0.15, 0.2) is 79.0 Å². The standard InChI is InChI=1S/C31H36ClN3O2/c1-24-3-7-26(8-4-24)22-35(23-27-9-5-25(2)6-10-27)16-18-37-20-19-36-17-15-34-30-13-14-33-31-21-28(32)11-12-29(30)31/h3-14,21H,15-20,22-23H2,1-2H3,(H,33,34). The van der Waals surface area contributed by atoms with E-state index < -0.39 is 0 Å². The number of hydrogen-bond donors (Lipinski definition) is 1. The van der Waals surface area contributed by atoms with Gasteiger partial charge in [0.05, 0.1) is 31.9 Å². The topological polar surface area (TPSA) is 46.6 Å². The van der Waals surface area contributed by atoms with Crippen LogP contribution < -0.4 is 5.32 Å². The maximum atomic E-state index is 6.07. The highest BCUT2D eigenvalue weighted by Crippen LogP contribution is 2.24. The molecule has 1 N–H and O–H groups in total. The fourth-order valence-corrected chi connectivity index (χ4v) is 4.33. The SMILES string of the molecule is Cc1ccc(CN(CCOCCOCCNc2ccnc3cc(Cl)ccc23)Cc2ccc(C)cc2)cc1. The van der Waals surface area contributed by atoms with Gasteiger partial charge in [0.15, 0.2) is 0 Å². The third-order valence-electron chi connectivity index (χ3n) is 6.24. The van der Waals surface area contributed by atoms with Crippen molar-refractivity contribution in [2.24, 2.45) is 0 Å². The third kappa shape index (κ3) is 8.83. The van der Waals surface area contributed by atoms with Gasteiger partial charge in [-0.25, -0.2) is 0 Å². The number of nitrogens with one attached hydrogen (secondary N) is 1. The minimum Gasteiger partial charge on any atom is -0.382 e. The molecule has 6 heteroatoms. The highest BCUT2D eigenvalue weighted by Gasteiger charge is 2.08. The molecule has 0 aliphatic carbocycles. The zero-order valence-electron chi connectivity index (χ0n) is 21.8. The van der Waals surface area contributed by atoms with Crippen LogP contribution in [0.5, 0.6) is 0 Å². The fourth-order valence-electron chi connectivity index (χ4n) is 4.17. The molecule has 1 aromatic heterocycles. The summed E-state index contributed by atoms with van der Waals surface area (Å²) in [6.07, 6.45) is 1.79. The first kappa shape index (κ1) is 27.1. The maximum Gasteiger partial charge on any atom is 0.0737 e. The lowest BCUT2D eigenvalue weighted by Crippen LogP contribution is -2.27. The molecular formula is C31H36ClN3O2. The molecule has 194 valence electrons. The van der Waals surface area contributed by atoms with Gasteiger partial charge in [-0.3, -0.25) is 9.88 Å². The van der Waals surface area contributed by atoms with Crippen molar-refractivity contribution in [2.45, 2.75) is 26.9 Å². The molecular weight excluding hydrogens is 482 g/mol. The maximum absolute atomic E-state index is 6.07. The van der Waals surface area contributed by atoms with Gasteiger partial charge in [-0.1, -0.05) is 71.3 Å². The van der Waals surface area contributed by atoms with Crippen molar-refractivity contribution < 1.29 is 9.47 Å². The summed E-state index contributed by atoms with van der Waals surface area (Å²) in [5.74, 6) is 0. The van der Waals surface area contributed by atoms with Crippen LogP contribution in [-0.2, 0) is 22.6 Å². The van der Waals surface area contributed by atoms with Crippen molar-refractivity contribution in [1.82, 2.24) is 9.88 Å². The first-order chi connectivity index (χ1) is 18.1. The molecule has 0 saturated carbocycles. The third-order valence-corrected chi connectivity index (χ3v) is 6.48. The number of aromatic nitrogens is 1. The van der Waals surface area contributed by atoms with E-state index in [0.717, 1.165) is 36.2 Å². The van der Waals surface area contributed by atoms with Crippen LogP contribution in [0.1, 0.15) is 22.3 Å². The molecule has 0 spiro atoms. The Morgan fingerprint density at radius 3 is 2.03 bits per heavy atom. The molecule has 0 saturated heterocycles. The summed E-state index contributed by atoms with van der Waals surface area (Å²) < 4.78 is 11.7. The van der Waals surface area contributed by atoms with Crippen molar-refractivity contribution in [3.63, 3.8) is 0 Å². The summed E-state index contributed by atoms with van der Waals surface area (Å²) in [5, 5.41) is 5.16. The summed E-state index contributed by atoms with van der Waals surface area (Å²) >= 11 is 6.07. The summed E-state index contributed by atoms with van der Waals surface area (Å²) in [6, 6.07) is 25.3. The zero-order valence-corrected chi connectivity index (χ0v) is 22.5. The lowest BCUT2D eigenvalue weighted by atomic mass is 10.1. The van der Waals surface area contributed by atoms with E-state index in [0.29, 0.717) is 38.0 Å². The largest absolute Gasteiger partial charge is 0.382 e. The normalized spacial score (nSPS) is 11.4. The Hall–Kier alpha value is -2.96. The second-order valence-electron chi connectivity index (χ2n) is 9.35. The zero-order chi connectivity index (χ0) is 25.9.